The molecule has 0 radical (unpaired) electrons. The minimum atomic E-state index is -0.451. The van der Waals surface area contributed by atoms with Crippen LogP contribution in [-0.4, -0.2) is 14.9 Å². The molecule has 2 aromatic carbocycles. The zero-order valence-corrected chi connectivity index (χ0v) is 11.3. The number of nitro groups is 1. The summed E-state index contributed by atoms with van der Waals surface area (Å²) in [6.07, 6.45) is 0. The summed E-state index contributed by atoms with van der Waals surface area (Å²) in [6, 6.07) is 10.1. The van der Waals surface area contributed by atoms with E-state index in [-0.39, 0.29) is 5.69 Å². The Morgan fingerprint density at radius 1 is 1.30 bits per heavy atom. The van der Waals surface area contributed by atoms with Crippen LogP contribution in [0, 0.1) is 17.0 Å². The molecule has 0 aliphatic heterocycles. The molecule has 1 heterocycles. The Labute approximate surface area is 119 Å². The van der Waals surface area contributed by atoms with Gasteiger partial charge < -0.3 is 4.98 Å². The van der Waals surface area contributed by atoms with Crippen molar-refractivity contribution >= 4 is 28.3 Å². The second kappa shape index (κ2) is 4.61. The van der Waals surface area contributed by atoms with Crippen molar-refractivity contribution in [3.05, 3.63) is 57.1 Å². The van der Waals surface area contributed by atoms with E-state index in [2.05, 4.69) is 9.97 Å². The lowest BCUT2D eigenvalue weighted by atomic mass is 10.2. The van der Waals surface area contributed by atoms with Crippen molar-refractivity contribution in [3.8, 4) is 11.4 Å². The van der Waals surface area contributed by atoms with E-state index in [1.807, 2.05) is 25.1 Å². The van der Waals surface area contributed by atoms with E-state index in [1.165, 1.54) is 18.2 Å². The number of benzene rings is 2. The van der Waals surface area contributed by atoms with E-state index in [0.717, 1.165) is 16.6 Å². The minimum absolute atomic E-state index is 0.0124. The average Bonchev–Trinajstić information content (AvgIpc) is 2.84. The molecule has 0 fully saturated rings. The van der Waals surface area contributed by atoms with Crippen molar-refractivity contribution in [2.75, 3.05) is 0 Å². The van der Waals surface area contributed by atoms with Gasteiger partial charge in [0.25, 0.3) is 5.69 Å². The van der Waals surface area contributed by atoms with Gasteiger partial charge in [-0.3, -0.25) is 10.1 Å². The molecule has 0 amide bonds. The lowest BCUT2D eigenvalue weighted by Crippen LogP contribution is -1.90. The zero-order chi connectivity index (χ0) is 14.3. The van der Waals surface area contributed by atoms with E-state index in [9.17, 15) is 10.1 Å². The van der Waals surface area contributed by atoms with Crippen LogP contribution in [-0.2, 0) is 0 Å². The van der Waals surface area contributed by atoms with Gasteiger partial charge in [-0.1, -0.05) is 23.7 Å². The molecule has 20 heavy (non-hydrogen) atoms. The maximum Gasteiger partial charge on any atom is 0.270 e. The van der Waals surface area contributed by atoms with Crippen molar-refractivity contribution in [3.63, 3.8) is 0 Å². The first-order chi connectivity index (χ1) is 9.56. The number of nitrogens with one attached hydrogen (secondary N) is 1. The number of fused-ring (bicyclic) bond motifs is 1. The molecule has 3 rings (SSSR count). The third-order valence-electron chi connectivity index (χ3n) is 3.14. The Bertz CT molecular complexity index is 826. The molecule has 5 nitrogen and oxygen atoms in total. The highest BCUT2D eigenvalue weighted by Gasteiger charge is 2.14. The predicted molar refractivity (Wildman–Crippen MR) is 77.9 cm³/mol. The van der Waals surface area contributed by atoms with Gasteiger partial charge in [0.1, 0.15) is 5.82 Å². The first-order valence-electron chi connectivity index (χ1n) is 5.96. The SMILES string of the molecule is Cc1cccc2nc(-c3cc([N+](=O)[O-])ccc3Cl)[nH]c12. The number of aryl methyl sites for hydroxylation is 1. The number of nitrogens with zero attached hydrogens (tertiary/aromatic N) is 2. The highest BCUT2D eigenvalue weighted by Crippen LogP contribution is 2.31. The Balaban J connectivity index is 2.22. The number of para-hydroxylation sites is 1. The maximum absolute atomic E-state index is 10.9. The Morgan fingerprint density at radius 2 is 2.10 bits per heavy atom. The largest absolute Gasteiger partial charge is 0.338 e. The number of H-pyrrole nitrogens is 1. The molecule has 1 N–H and O–H groups in total. The molecule has 6 heteroatoms. The molecule has 0 saturated heterocycles. The minimum Gasteiger partial charge on any atom is -0.338 e. The molecular formula is C14H10ClN3O2. The second-order valence-electron chi connectivity index (χ2n) is 4.48. The van der Waals surface area contributed by atoms with E-state index in [0.29, 0.717) is 16.4 Å². The van der Waals surface area contributed by atoms with Crippen molar-refractivity contribution in [1.82, 2.24) is 9.97 Å². The highest BCUT2D eigenvalue weighted by atomic mass is 35.5. The van der Waals surface area contributed by atoms with Crippen LogP contribution in [0.25, 0.3) is 22.4 Å². The standard InChI is InChI=1S/C14H10ClN3O2/c1-8-3-2-4-12-13(8)17-14(16-12)10-7-9(18(19)20)5-6-11(10)15/h2-7H,1H3,(H,16,17). The van der Waals surface area contributed by atoms with Crippen molar-refractivity contribution in [2.45, 2.75) is 6.92 Å². The van der Waals surface area contributed by atoms with Gasteiger partial charge in [-0.15, -0.1) is 0 Å². The van der Waals surface area contributed by atoms with E-state index >= 15 is 0 Å². The number of rotatable bonds is 2. The van der Waals surface area contributed by atoms with Gasteiger partial charge in [-0.25, -0.2) is 4.98 Å². The number of hydrogen-bond acceptors (Lipinski definition) is 3. The fourth-order valence-corrected chi connectivity index (χ4v) is 2.32. The van der Waals surface area contributed by atoms with Gasteiger partial charge in [0.05, 0.1) is 21.0 Å². The number of non-ortho nitro benzene ring substituents is 1. The third kappa shape index (κ3) is 2.02. The van der Waals surface area contributed by atoms with Crippen LogP contribution >= 0.6 is 11.6 Å². The van der Waals surface area contributed by atoms with Gasteiger partial charge in [-0.05, 0) is 24.6 Å². The molecular weight excluding hydrogens is 278 g/mol. The molecule has 0 atom stereocenters. The quantitative estimate of drug-likeness (QED) is 0.570. The summed E-state index contributed by atoms with van der Waals surface area (Å²) < 4.78 is 0. The van der Waals surface area contributed by atoms with Crippen LogP contribution in [0.4, 0.5) is 5.69 Å². The first-order valence-corrected chi connectivity index (χ1v) is 6.33. The zero-order valence-electron chi connectivity index (χ0n) is 10.6. The topological polar surface area (TPSA) is 71.8 Å². The molecule has 0 aliphatic carbocycles. The molecule has 1 aromatic heterocycles. The number of imidazole rings is 1. The van der Waals surface area contributed by atoms with Gasteiger partial charge >= 0.3 is 0 Å². The van der Waals surface area contributed by atoms with Crippen LogP contribution in [0.15, 0.2) is 36.4 Å². The summed E-state index contributed by atoms with van der Waals surface area (Å²) >= 11 is 6.12. The molecule has 3 aromatic rings. The fraction of sp³-hybridized carbons (Fsp3) is 0.0714. The normalized spacial score (nSPS) is 10.9. The van der Waals surface area contributed by atoms with E-state index in [4.69, 9.17) is 11.6 Å². The average molecular weight is 288 g/mol. The summed E-state index contributed by atoms with van der Waals surface area (Å²) in [5.41, 5.74) is 3.29. The van der Waals surface area contributed by atoms with Crippen molar-refractivity contribution < 1.29 is 4.92 Å². The van der Waals surface area contributed by atoms with Crippen molar-refractivity contribution in [1.29, 1.82) is 0 Å². The maximum atomic E-state index is 10.9. The molecule has 100 valence electrons. The molecule has 0 unspecified atom stereocenters. The number of hydrogen-bond donors (Lipinski definition) is 1. The smallest absolute Gasteiger partial charge is 0.270 e. The lowest BCUT2D eigenvalue weighted by Gasteiger charge is -2.00. The van der Waals surface area contributed by atoms with Gasteiger partial charge in [-0.2, -0.15) is 0 Å². The number of nitro benzene ring substituents is 1. The van der Waals surface area contributed by atoms with Gasteiger partial charge in [0.2, 0.25) is 0 Å². The molecule has 0 bridgehead atoms. The van der Waals surface area contributed by atoms with Gasteiger partial charge in [0, 0.05) is 17.7 Å². The van der Waals surface area contributed by atoms with Crippen LogP contribution in [0.1, 0.15) is 5.56 Å². The molecule has 0 spiro atoms. The van der Waals surface area contributed by atoms with Gasteiger partial charge in [0.15, 0.2) is 0 Å². The molecule has 0 aliphatic rings. The lowest BCUT2D eigenvalue weighted by molar-refractivity contribution is -0.384. The van der Waals surface area contributed by atoms with E-state index in [1.54, 1.807) is 0 Å². The Kier molecular flexibility index (Phi) is 2.91. The van der Waals surface area contributed by atoms with Crippen LogP contribution < -0.4 is 0 Å². The monoisotopic (exact) mass is 287 g/mol. The number of aromatic amines is 1. The summed E-state index contributed by atoms with van der Waals surface area (Å²) in [4.78, 5) is 18.0. The summed E-state index contributed by atoms with van der Waals surface area (Å²) in [5, 5.41) is 11.3. The van der Waals surface area contributed by atoms with Crippen LogP contribution in [0.5, 0.6) is 0 Å². The van der Waals surface area contributed by atoms with Crippen LogP contribution in [0.2, 0.25) is 5.02 Å². The van der Waals surface area contributed by atoms with Crippen molar-refractivity contribution in [2.24, 2.45) is 0 Å². The first kappa shape index (κ1) is 12.6. The summed E-state index contributed by atoms with van der Waals surface area (Å²) in [6.45, 7) is 1.97. The Morgan fingerprint density at radius 3 is 2.80 bits per heavy atom. The summed E-state index contributed by atoms with van der Waals surface area (Å²) in [5.74, 6) is 0.531. The fourth-order valence-electron chi connectivity index (χ4n) is 2.11. The summed E-state index contributed by atoms with van der Waals surface area (Å²) in [7, 11) is 0. The second-order valence-corrected chi connectivity index (χ2v) is 4.88. The van der Waals surface area contributed by atoms with E-state index < -0.39 is 4.92 Å². The number of aromatic nitrogens is 2. The highest BCUT2D eigenvalue weighted by molar-refractivity contribution is 6.33. The third-order valence-corrected chi connectivity index (χ3v) is 3.47. The van der Waals surface area contributed by atoms with Crippen LogP contribution in [0.3, 0.4) is 0 Å². The number of halogens is 1. The predicted octanol–water partition coefficient (Wildman–Crippen LogP) is 4.10. The Hall–Kier alpha value is -2.40. The molecule has 0 saturated carbocycles.